The summed E-state index contributed by atoms with van der Waals surface area (Å²) in [5.74, 6) is 0. The van der Waals surface area contributed by atoms with Gasteiger partial charge in [0.15, 0.2) is 0 Å². The largest absolute Gasteiger partial charge is 0.370 e. The number of rotatable bonds is 3. The second-order valence-corrected chi connectivity index (χ2v) is 7.77. The lowest BCUT2D eigenvalue weighted by atomic mass is 10.1. The molecule has 0 saturated carbocycles. The molecule has 0 radical (unpaired) electrons. The summed E-state index contributed by atoms with van der Waals surface area (Å²) in [6.07, 6.45) is 5.03. The third-order valence-corrected chi connectivity index (χ3v) is 5.54. The molecule has 0 amide bonds. The number of anilines is 1. The Morgan fingerprint density at radius 1 is 1.12 bits per heavy atom. The molecule has 0 N–H and O–H groups in total. The van der Waals surface area contributed by atoms with Crippen LogP contribution in [0.25, 0.3) is 10.8 Å². The van der Waals surface area contributed by atoms with Crippen molar-refractivity contribution < 1.29 is 13.3 Å². The molecular weight excluding hydrogens is 332 g/mol. The highest BCUT2D eigenvalue weighted by molar-refractivity contribution is 7.88. The van der Waals surface area contributed by atoms with Crippen molar-refractivity contribution in [2.24, 2.45) is 0 Å². The van der Waals surface area contributed by atoms with Gasteiger partial charge in [0.25, 0.3) is 5.69 Å². The van der Waals surface area contributed by atoms with Gasteiger partial charge in [-0.1, -0.05) is 0 Å². The van der Waals surface area contributed by atoms with Gasteiger partial charge in [0.2, 0.25) is 10.0 Å². The molecule has 1 saturated heterocycles. The zero-order valence-corrected chi connectivity index (χ0v) is 14.1. The van der Waals surface area contributed by atoms with E-state index in [0.29, 0.717) is 38.0 Å². The molecule has 0 aliphatic carbocycles. The zero-order chi connectivity index (χ0) is 17.3. The monoisotopic (exact) mass is 350 g/mol. The first-order chi connectivity index (χ1) is 11.4. The van der Waals surface area contributed by atoms with Crippen molar-refractivity contribution in [2.45, 2.75) is 6.42 Å². The molecule has 1 fully saturated rings. The fourth-order valence-corrected chi connectivity index (χ4v) is 3.93. The van der Waals surface area contributed by atoms with Gasteiger partial charge in [-0.15, -0.1) is 0 Å². The van der Waals surface area contributed by atoms with Crippen LogP contribution in [0.5, 0.6) is 0 Å². The highest BCUT2D eigenvalue weighted by Crippen LogP contribution is 2.33. The topological polar surface area (TPSA) is 96.7 Å². The van der Waals surface area contributed by atoms with E-state index in [1.165, 1.54) is 22.8 Å². The summed E-state index contributed by atoms with van der Waals surface area (Å²) in [6.45, 7) is 2.13. The third kappa shape index (κ3) is 3.17. The van der Waals surface area contributed by atoms with Crippen molar-refractivity contribution in [2.75, 3.05) is 37.3 Å². The molecule has 0 spiro atoms. The van der Waals surface area contributed by atoms with Crippen LogP contribution in [0.3, 0.4) is 0 Å². The highest BCUT2D eigenvalue weighted by atomic mass is 32.2. The Labute approximate surface area is 139 Å². The summed E-state index contributed by atoms with van der Waals surface area (Å²) in [4.78, 5) is 16.9. The molecule has 1 aromatic heterocycles. The molecule has 8 nitrogen and oxygen atoms in total. The second kappa shape index (κ2) is 6.33. The number of nitro groups is 1. The van der Waals surface area contributed by atoms with Crippen LogP contribution < -0.4 is 4.90 Å². The van der Waals surface area contributed by atoms with E-state index in [2.05, 4.69) is 9.88 Å². The summed E-state index contributed by atoms with van der Waals surface area (Å²) >= 11 is 0. The molecule has 3 rings (SSSR count). The summed E-state index contributed by atoms with van der Waals surface area (Å²) in [5, 5.41) is 12.4. The average Bonchev–Trinajstić information content (AvgIpc) is 2.79. The summed E-state index contributed by atoms with van der Waals surface area (Å²) in [5.41, 5.74) is 0.891. The molecule has 9 heteroatoms. The smallest absolute Gasteiger partial charge is 0.278 e. The van der Waals surface area contributed by atoms with E-state index in [1.807, 2.05) is 0 Å². The fraction of sp³-hybridized carbons (Fsp3) is 0.400. The Kier molecular flexibility index (Phi) is 4.37. The molecule has 1 aliphatic rings. The molecule has 128 valence electrons. The Morgan fingerprint density at radius 3 is 2.62 bits per heavy atom. The Balaban J connectivity index is 1.98. The van der Waals surface area contributed by atoms with Crippen molar-refractivity contribution in [3.05, 3.63) is 40.7 Å². The van der Waals surface area contributed by atoms with Crippen molar-refractivity contribution >= 4 is 32.2 Å². The number of non-ortho nitro benzene ring substituents is 1. The van der Waals surface area contributed by atoms with Gasteiger partial charge in [-0.05, 0) is 18.6 Å². The lowest BCUT2D eigenvalue weighted by Gasteiger charge is -2.24. The van der Waals surface area contributed by atoms with Crippen LogP contribution in [-0.2, 0) is 10.0 Å². The predicted molar refractivity (Wildman–Crippen MR) is 91.6 cm³/mol. The molecule has 0 bridgehead atoms. The molecule has 0 unspecified atom stereocenters. The van der Waals surface area contributed by atoms with Crippen LogP contribution in [0.2, 0.25) is 0 Å². The van der Waals surface area contributed by atoms with Crippen molar-refractivity contribution in [1.82, 2.24) is 9.29 Å². The number of nitro benzene ring substituents is 1. The molecule has 24 heavy (non-hydrogen) atoms. The van der Waals surface area contributed by atoms with Gasteiger partial charge in [0.05, 0.1) is 16.6 Å². The van der Waals surface area contributed by atoms with E-state index in [0.717, 1.165) is 11.1 Å². The molecule has 1 aliphatic heterocycles. The van der Waals surface area contributed by atoms with E-state index in [9.17, 15) is 18.5 Å². The van der Waals surface area contributed by atoms with Gasteiger partial charge < -0.3 is 4.90 Å². The minimum atomic E-state index is -3.21. The van der Waals surface area contributed by atoms with Crippen LogP contribution in [0.4, 0.5) is 11.4 Å². The maximum atomic E-state index is 11.7. The summed E-state index contributed by atoms with van der Waals surface area (Å²) < 4.78 is 25.0. The number of sulfonamides is 1. The predicted octanol–water partition coefficient (Wildman–Crippen LogP) is 1.61. The number of hydrogen-bond donors (Lipinski definition) is 0. The Morgan fingerprint density at radius 2 is 1.92 bits per heavy atom. The van der Waals surface area contributed by atoms with Gasteiger partial charge in [-0.25, -0.2) is 12.7 Å². The van der Waals surface area contributed by atoms with E-state index >= 15 is 0 Å². The van der Waals surface area contributed by atoms with Gasteiger partial charge in [0, 0.05) is 55.7 Å². The lowest BCUT2D eigenvalue weighted by molar-refractivity contribution is -0.383. The van der Waals surface area contributed by atoms with Crippen LogP contribution >= 0.6 is 0 Å². The van der Waals surface area contributed by atoms with E-state index < -0.39 is 14.9 Å². The van der Waals surface area contributed by atoms with Crippen LogP contribution in [0.15, 0.2) is 30.6 Å². The van der Waals surface area contributed by atoms with Gasteiger partial charge >= 0.3 is 0 Å². The summed E-state index contributed by atoms with van der Waals surface area (Å²) in [6, 6.07) is 4.98. The number of nitrogens with zero attached hydrogens (tertiary/aromatic N) is 4. The first-order valence-corrected chi connectivity index (χ1v) is 9.44. The average molecular weight is 350 g/mol. The van der Waals surface area contributed by atoms with Gasteiger partial charge in [0.1, 0.15) is 0 Å². The van der Waals surface area contributed by atoms with Crippen molar-refractivity contribution in [3.63, 3.8) is 0 Å². The fourth-order valence-electron chi connectivity index (χ4n) is 3.06. The quantitative estimate of drug-likeness (QED) is 0.616. The van der Waals surface area contributed by atoms with E-state index in [4.69, 9.17) is 0 Å². The highest BCUT2D eigenvalue weighted by Gasteiger charge is 2.23. The molecule has 2 aromatic rings. The minimum Gasteiger partial charge on any atom is -0.370 e. The first-order valence-electron chi connectivity index (χ1n) is 7.59. The lowest BCUT2D eigenvalue weighted by Crippen LogP contribution is -2.34. The maximum absolute atomic E-state index is 11.7. The number of benzene rings is 1. The zero-order valence-electron chi connectivity index (χ0n) is 13.3. The molecular formula is C15H18N4O4S. The standard InChI is InChI=1S/C15H18N4O4S/c1-24(22,23)18-8-2-7-17(9-10-18)14-3-4-15(19(20)21)13-11-16-6-5-12(13)14/h3-6,11H,2,7-10H2,1H3. The molecule has 2 heterocycles. The second-order valence-electron chi connectivity index (χ2n) is 5.78. The minimum absolute atomic E-state index is 0.0226. The van der Waals surface area contributed by atoms with Crippen LogP contribution in [0.1, 0.15) is 6.42 Å². The third-order valence-electron chi connectivity index (χ3n) is 4.23. The van der Waals surface area contributed by atoms with Crippen LogP contribution in [0, 0.1) is 10.1 Å². The Hall–Kier alpha value is -2.26. The summed E-state index contributed by atoms with van der Waals surface area (Å²) in [7, 11) is -3.21. The Bertz CT molecular complexity index is 884. The van der Waals surface area contributed by atoms with Crippen LogP contribution in [-0.4, -0.2) is 55.1 Å². The number of aromatic nitrogens is 1. The normalized spacial score (nSPS) is 17.0. The number of fused-ring (bicyclic) bond motifs is 1. The van der Waals surface area contributed by atoms with Crippen molar-refractivity contribution in [3.8, 4) is 0 Å². The number of hydrogen-bond acceptors (Lipinski definition) is 6. The van der Waals surface area contributed by atoms with Gasteiger partial charge in [-0.2, -0.15) is 0 Å². The maximum Gasteiger partial charge on any atom is 0.278 e. The van der Waals surface area contributed by atoms with E-state index in [1.54, 1.807) is 18.3 Å². The first kappa shape index (κ1) is 16.6. The molecule has 1 aromatic carbocycles. The van der Waals surface area contributed by atoms with Gasteiger partial charge in [-0.3, -0.25) is 15.1 Å². The molecule has 0 atom stereocenters. The SMILES string of the molecule is CS(=O)(=O)N1CCCN(c2ccc([N+](=O)[O-])c3cnccc23)CC1. The van der Waals surface area contributed by atoms with Crippen molar-refractivity contribution in [1.29, 1.82) is 0 Å². The number of pyridine rings is 1. The van der Waals surface area contributed by atoms with E-state index in [-0.39, 0.29) is 5.69 Å².